The molecule has 0 aromatic heterocycles. The SMILES string of the molecule is CN=C(NCCCOCC1CCCO1)NCCC1=CCOCC1.I. The van der Waals surface area contributed by atoms with E-state index in [1.807, 2.05) is 0 Å². The third kappa shape index (κ3) is 9.19. The Hall–Kier alpha value is -0.380. The van der Waals surface area contributed by atoms with E-state index in [4.69, 9.17) is 14.2 Å². The molecule has 1 saturated heterocycles. The van der Waals surface area contributed by atoms with Crippen LogP contribution >= 0.6 is 24.0 Å². The molecule has 2 heterocycles. The van der Waals surface area contributed by atoms with Crippen LogP contribution in [0.5, 0.6) is 0 Å². The van der Waals surface area contributed by atoms with E-state index in [9.17, 15) is 0 Å². The van der Waals surface area contributed by atoms with Crippen molar-refractivity contribution in [2.45, 2.75) is 38.2 Å². The normalized spacial score (nSPS) is 21.1. The summed E-state index contributed by atoms with van der Waals surface area (Å²) in [5.41, 5.74) is 1.47. The Kier molecular flexibility index (Phi) is 12.5. The van der Waals surface area contributed by atoms with E-state index in [0.29, 0.717) is 6.10 Å². The van der Waals surface area contributed by atoms with Gasteiger partial charge in [0.25, 0.3) is 0 Å². The van der Waals surface area contributed by atoms with Gasteiger partial charge in [0.15, 0.2) is 5.96 Å². The second-order valence-electron chi connectivity index (χ2n) is 5.93. The molecular weight excluding hydrogens is 421 g/mol. The Bertz CT molecular complexity index is 385. The molecule has 0 saturated carbocycles. The fourth-order valence-electron chi connectivity index (χ4n) is 2.73. The minimum atomic E-state index is 0. The zero-order valence-electron chi connectivity index (χ0n) is 14.7. The van der Waals surface area contributed by atoms with Crippen LogP contribution in [0.2, 0.25) is 0 Å². The highest BCUT2D eigenvalue weighted by Gasteiger charge is 2.14. The predicted molar refractivity (Wildman–Crippen MR) is 107 cm³/mol. The maximum atomic E-state index is 5.65. The van der Waals surface area contributed by atoms with E-state index in [-0.39, 0.29) is 24.0 Å². The summed E-state index contributed by atoms with van der Waals surface area (Å²) in [4.78, 5) is 4.24. The maximum absolute atomic E-state index is 5.65. The summed E-state index contributed by atoms with van der Waals surface area (Å²) in [6, 6.07) is 0. The van der Waals surface area contributed by atoms with Gasteiger partial charge in [-0.15, -0.1) is 24.0 Å². The Morgan fingerprint density at radius 1 is 1.33 bits per heavy atom. The molecule has 0 aromatic rings. The van der Waals surface area contributed by atoms with Gasteiger partial charge < -0.3 is 24.8 Å². The minimum absolute atomic E-state index is 0. The molecule has 2 aliphatic heterocycles. The van der Waals surface area contributed by atoms with Crippen molar-refractivity contribution in [3.8, 4) is 0 Å². The predicted octanol–water partition coefficient (Wildman–Crippen LogP) is 2.09. The molecular formula is C17H32IN3O3. The van der Waals surface area contributed by atoms with Crippen molar-refractivity contribution >= 4 is 29.9 Å². The lowest BCUT2D eigenvalue weighted by molar-refractivity contribution is 0.0168. The lowest BCUT2D eigenvalue weighted by Gasteiger charge is -2.15. The summed E-state index contributed by atoms with van der Waals surface area (Å²) in [7, 11) is 1.80. The molecule has 24 heavy (non-hydrogen) atoms. The molecule has 6 nitrogen and oxygen atoms in total. The van der Waals surface area contributed by atoms with Crippen molar-refractivity contribution < 1.29 is 14.2 Å². The molecule has 0 aromatic carbocycles. The molecule has 0 bridgehead atoms. The van der Waals surface area contributed by atoms with Gasteiger partial charge >= 0.3 is 0 Å². The third-order valence-electron chi connectivity index (χ3n) is 4.11. The van der Waals surface area contributed by atoms with E-state index in [1.165, 1.54) is 12.0 Å². The standard InChI is InChI=1S/C17H31N3O3.HI/c1-18-17(20-9-5-15-6-12-21-13-7-15)19-8-3-10-22-14-16-4-2-11-23-16;/h6,16H,2-5,7-14H2,1H3,(H2,18,19,20);1H. The maximum Gasteiger partial charge on any atom is 0.190 e. The van der Waals surface area contributed by atoms with Gasteiger partial charge in [0.1, 0.15) is 0 Å². The van der Waals surface area contributed by atoms with Crippen LogP contribution < -0.4 is 10.6 Å². The molecule has 7 heteroatoms. The van der Waals surface area contributed by atoms with Crippen LogP contribution in [-0.2, 0) is 14.2 Å². The van der Waals surface area contributed by atoms with E-state index < -0.39 is 0 Å². The summed E-state index contributed by atoms with van der Waals surface area (Å²) < 4.78 is 16.5. The summed E-state index contributed by atoms with van der Waals surface area (Å²) in [5.74, 6) is 0.858. The van der Waals surface area contributed by atoms with E-state index >= 15 is 0 Å². The van der Waals surface area contributed by atoms with Crippen molar-refractivity contribution in [1.29, 1.82) is 0 Å². The smallest absolute Gasteiger partial charge is 0.190 e. The second kappa shape index (κ2) is 13.9. The van der Waals surface area contributed by atoms with Gasteiger partial charge in [-0.3, -0.25) is 4.99 Å². The number of halogens is 1. The zero-order valence-corrected chi connectivity index (χ0v) is 17.1. The summed E-state index contributed by atoms with van der Waals surface area (Å²) in [6.07, 6.45) is 7.88. The molecule has 0 spiro atoms. The average molecular weight is 453 g/mol. The monoisotopic (exact) mass is 453 g/mol. The van der Waals surface area contributed by atoms with Gasteiger partial charge in [0.2, 0.25) is 0 Å². The van der Waals surface area contributed by atoms with Crippen molar-refractivity contribution in [3.05, 3.63) is 11.6 Å². The van der Waals surface area contributed by atoms with Gasteiger partial charge in [-0.05, 0) is 32.1 Å². The van der Waals surface area contributed by atoms with Crippen LogP contribution in [0, 0.1) is 0 Å². The molecule has 2 N–H and O–H groups in total. The van der Waals surface area contributed by atoms with E-state index in [1.54, 1.807) is 7.05 Å². The molecule has 2 aliphatic rings. The number of aliphatic imine (C=N–C) groups is 1. The van der Waals surface area contributed by atoms with Crippen molar-refractivity contribution in [3.63, 3.8) is 0 Å². The first-order valence-corrected chi connectivity index (χ1v) is 8.78. The van der Waals surface area contributed by atoms with Crippen LogP contribution in [0.15, 0.2) is 16.6 Å². The van der Waals surface area contributed by atoms with Gasteiger partial charge in [0.05, 0.1) is 25.9 Å². The molecule has 1 unspecified atom stereocenters. The van der Waals surface area contributed by atoms with Crippen molar-refractivity contribution in [1.82, 2.24) is 10.6 Å². The molecule has 0 amide bonds. The second-order valence-corrected chi connectivity index (χ2v) is 5.93. The highest BCUT2D eigenvalue weighted by Crippen LogP contribution is 2.12. The molecule has 140 valence electrons. The number of nitrogens with zero attached hydrogens (tertiary/aromatic N) is 1. The molecule has 1 fully saturated rings. The Labute approximate surface area is 162 Å². The molecule has 1 atom stereocenters. The van der Waals surface area contributed by atoms with Crippen molar-refractivity contribution in [2.75, 3.05) is 53.2 Å². The number of hydrogen-bond donors (Lipinski definition) is 2. The average Bonchev–Trinajstić information content (AvgIpc) is 3.10. The first-order valence-electron chi connectivity index (χ1n) is 8.78. The first kappa shape index (κ1) is 21.7. The minimum Gasteiger partial charge on any atom is -0.379 e. The largest absolute Gasteiger partial charge is 0.379 e. The molecule has 0 aliphatic carbocycles. The van der Waals surface area contributed by atoms with Gasteiger partial charge in [-0.2, -0.15) is 0 Å². The Morgan fingerprint density at radius 3 is 2.92 bits per heavy atom. The lowest BCUT2D eigenvalue weighted by Crippen LogP contribution is -2.38. The van der Waals surface area contributed by atoms with Crippen LogP contribution in [-0.4, -0.2) is 65.2 Å². The highest BCUT2D eigenvalue weighted by molar-refractivity contribution is 14.0. The van der Waals surface area contributed by atoms with Crippen LogP contribution in [0.4, 0.5) is 0 Å². The van der Waals surface area contributed by atoms with Crippen LogP contribution in [0.25, 0.3) is 0 Å². The Balaban J connectivity index is 0.00000288. The number of rotatable bonds is 9. The Morgan fingerprint density at radius 2 is 2.21 bits per heavy atom. The summed E-state index contributed by atoms with van der Waals surface area (Å²) in [6.45, 7) is 5.76. The van der Waals surface area contributed by atoms with Gasteiger partial charge in [-0.1, -0.05) is 11.6 Å². The topological polar surface area (TPSA) is 64.1 Å². The fourth-order valence-corrected chi connectivity index (χ4v) is 2.73. The molecule has 0 radical (unpaired) electrons. The quantitative estimate of drug-likeness (QED) is 0.184. The van der Waals surface area contributed by atoms with Crippen LogP contribution in [0.3, 0.4) is 0 Å². The summed E-state index contributed by atoms with van der Waals surface area (Å²) in [5, 5.41) is 6.67. The van der Waals surface area contributed by atoms with Crippen LogP contribution in [0.1, 0.15) is 32.1 Å². The molecule has 2 rings (SSSR count). The number of hydrogen-bond acceptors (Lipinski definition) is 4. The van der Waals surface area contributed by atoms with E-state index in [2.05, 4.69) is 21.7 Å². The zero-order chi connectivity index (χ0) is 16.2. The lowest BCUT2D eigenvalue weighted by atomic mass is 10.1. The number of ether oxygens (including phenoxy) is 3. The first-order chi connectivity index (χ1) is 11.4. The van der Waals surface area contributed by atoms with E-state index in [0.717, 1.165) is 77.8 Å². The third-order valence-corrected chi connectivity index (χ3v) is 4.11. The van der Waals surface area contributed by atoms with Gasteiger partial charge in [0, 0.05) is 33.4 Å². The fraction of sp³-hybridized carbons (Fsp3) is 0.824. The highest BCUT2D eigenvalue weighted by atomic mass is 127. The van der Waals surface area contributed by atoms with Gasteiger partial charge in [-0.25, -0.2) is 0 Å². The number of guanidine groups is 1. The van der Waals surface area contributed by atoms with Crippen molar-refractivity contribution in [2.24, 2.45) is 4.99 Å². The number of nitrogens with one attached hydrogen (secondary N) is 2. The summed E-state index contributed by atoms with van der Waals surface area (Å²) >= 11 is 0.